The summed E-state index contributed by atoms with van der Waals surface area (Å²) in [5, 5.41) is 11.3. The smallest absolute Gasteiger partial charge is 0.303 e. The van der Waals surface area contributed by atoms with Crippen LogP contribution >= 0.6 is 0 Å². The van der Waals surface area contributed by atoms with Gasteiger partial charge in [-0.25, -0.2) is 0 Å². The molecule has 0 aliphatic rings. The summed E-state index contributed by atoms with van der Waals surface area (Å²) in [6.07, 6.45) is 3.36. The standard InChI is InChI=1S/C20H23NO5/c1-14(22)15-7-9-16(10-8-15)17-11-12-18(26-17)20(25)21-13-5-3-2-4-6-19(23)24/h7-12H,2-6,13H2,1H3,(H,21,25)(H,23,24). The van der Waals surface area contributed by atoms with Crippen molar-refractivity contribution < 1.29 is 23.9 Å². The summed E-state index contributed by atoms with van der Waals surface area (Å²) in [4.78, 5) is 33.8. The van der Waals surface area contributed by atoms with Gasteiger partial charge in [-0.05, 0) is 31.9 Å². The molecular formula is C20H23NO5. The number of carboxylic acid groups (broad SMARTS) is 1. The first kappa shape index (κ1) is 19.4. The normalized spacial score (nSPS) is 10.5. The average molecular weight is 357 g/mol. The fraction of sp³-hybridized carbons (Fsp3) is 0.350. The third-order valence-corrected chi connectivity index (χ3v) is 4.01. The highest BCUT2D eigenvalue weighted by atomic mass is 16.4. The molecule has 0 spiro atoms. The van der Waals surface area contributed by atoms with Gasteiger partial charge in [0.2, 0.25) is 0 Å². The molecule has 26 heavy (non-hydrogen) atoms. The largest absolute Gasteiger partial charge is 0.481 e. The van der Waals surface area contributed by atoms with Gasteiger partial charge in [-0.2, -0.15) is 0 Å². The number of carbonyl (C=O) groups is 3. The quantitative estimate of drug-likeness (QED) is 0.496. The molecule has 0 aliphatic carbocycles. The molecule has 0 bridgehead atoms. The van der Waals surface area contributed by atoms with Crippen LogP contribution < -0.4 is 5.32 Å². The van der Waals surface area contributed by atoms with Crippen molar-refractivity contribution in [1.29, 1.82) is 0 Å². The Hall–Kier alpha value is -2.89. The minimum atomic E-state index is -0.775. The highest BCUT2D eigenvalue weighted by Gasteiger charge is 2.12. The Bertz CT molecular complexity index is 761. The molecule has 0 unspecified atom stereocenters. The lowest BCUT2D eigenvalue weighted by Crippen LogP contribution is -2.23. The predicted molar refractivity (Wildman–Crippen MR) is 97.2 cm³/mol. The Kier molecular flexibility index (Phi) is 7.14. The number of aliphatic carboxylic acids is 1. The molecule has 6 heteroatoms. The van der Waals surface area contributed by atoms with Crippen LogP contribution in [0.15, 0.2) is 40.8 Å². The van der Waals surface area contributed by atoms with E-state index < -0.39 is 5.97 Å². The van der Waals surface area contributed by atoms with E-state index in [0.717, 1.165) is 24.8 Å². The van der Waals surface area contributed by atoms with E-state index in [9.17, 15) is 14.4 Å². The van der Waals surface area contributed by atoms with Crippen molar-refractivity contribution in [2.45, 2.75) is 39.0 Å². The second kappa shape index (κ2) is 9.56. The lowest BCUT2D eigenvalue weighted by Gasteiger charge is -2.03. The number of ketones is 1. The van der Waals surface area contributed by atoms with Gasteiger partial charge in [0, 0.05) is 24.1 Å². The lowest BCUT2D eigenvalue weighted by molar-refractivity contribution is -0.137. The molecule has 2 aromatic rings. The number of hydrogen-bond donors (Lipinski definition) is 2. The highest BCUT2D eigenvalue weighted by Crippen LogP contribution is 2.22. The van der Waals surface area contributed by atoms with Gasteiger partial charge < -0.3 is 14.8 Å². The van der Waals surface area contributed by atoms with Crippen LogP contribution in [-0.2, 0) is 4.79 Å². The number of Topliss-reactive ketones (excluding diaryl/α,β-unsaturated/α-hetero) is 1. The van der Waals surface area contributed by atoms with Crippen LogP contribution in [0.25, 0.3) is 11.3 Å². The number of carboxylic acids is 1. The summed E-state index contributed by atoms with van der Waals surface area (Å²) in [5.41, 5.74) is 1.43. The molecule has 0 aliphatic heterocycles. The summed E-state index contributed by atoms with van der Waals surface area (Å²) in [5.74, 6) is -0.246. The van der Waals surface area contributed by atoms with E-state index in [4.69, 9.17) is 9.52 Å². The van der Waals surface area contributed by atoms with E-state index >= 15 is 0 Å². The van der Waals surface area contributed by atoms with Crippen LogP contribution in [0.2, 0.25) is 0 Å². The summed E-state index contributed by atoms with van der Waals surface area (Å²) >= 11 is 0. The highest BCUT2D eigenvalue weighted by molar-refractivity contribution is 5.94. The average Bonchev–Trinajstić information content (AvgIpc) is 3.10. The van der Waals surface area contributed by atoms with Crippen molar-refractivity contribution in [3.63, 3.8) is 0 Å². The van der Waals surface area contributed by atoms with Crippen LogP contribution in [0.1, 0.15) is 59.9 Å². The van der Waals surface area contributed by atoms with Gasteiger partial charge in [0.1, 0.15) is 5.76 Å². The first-order valence-electron chi connectivity index (χ1n) is 8.68. The zero-order valence-corrected chi connectivity index (χ0v) is 14.8. The molecular weight excluding hydrogens is 334 g/mol. The molecule has 1 aromatic heterocycles. The molecule has 0 radical (unpaired) electrons. The monoisotopic (exact) mass is 357 g/mol. The van der Waals surface area contributed by atoms with Crippen LogP contribution in [0.5, 0.6) is 0 Å². The minimum Gasteiger partial charge on any atom is -0.481 e. The fourth-order valence-corrected chi connectivity index (χ4v) is 2.53. The maximum absolute atomic E-state index is 12.1. The van der Waals surface area contributed by atoms with Crippen molar-refractivity contribution in [1.82, 2.24) is 5.32 Å². The van der Waals surface area contributed by atoms with Crippen LogP contribution in [0.3, 0.4) is 0 Å². The lowest BCUT2D eigenvalue weighted by atomic mass is 10.1. The van der Waals surface area contributed by atoms with Gasteiger partial charge in [0.25, 0.3) is 5.91 Å². The third kappa shape index (κ3) is 5.88. The first-order valence-corrected chi connectivity index (χ1v) is 8.68. The topological polar surface area (TPSA) is 96.6 Å². The van der Waals surface area contributed by atoms with E-state index in [1.807, 2.05) is 0 Å². The number of hydrogen-bond acceptors (Lipinski definition) is 4. The van der Waals surface area contributed by atoms with Gasteiger partial charge in [-0.1, -0.05) is 37.1 Å². The molecule has 6 nitrogen and oxygen atoms in total. The molecule has 1 amide bonds. The van der Waals surface area contributed by atoms with E-state index in [0.29, 0.717) is 24.3 Å². The second-order valence-electron chi connectivity index (χ2n) is 6.11. The molecule has 2 N–H and O–H groups in total. The van der Waals surface area contributed by atoms with Crippen LogP contribution in [0.4, 0.5) is 0 Å². The Labute approximate surface area is 152 Å². The molecule has 0 fully saturated rings. The number of benzene rings is 1. The number of furan rings is 1. The zero-order valence-electron chi connectivity index (χ0n) is 14.8. The second-order valence-corrected chi connectivity index (χ2v) is 6.11. The van der Waals surface area contributed by atoms with E-state index in [2.05, 4.69) is 5.32 Å². The van der Waals surface area contributed by atoms with Crippen molar-refractivity contribution in [3.05, 3.63) is 47.7 Å². The van der Waals surface area contributed by atoms with Crippen molar-refractivity contribution in [2.75, 3.05) is 6.54 Å². The number of carbonyl (C=O) groups excluding carboxylic acids is 2. The zero-order chi connectivity index (χ0) is 18.9. The van der Waals surface area contributed by atoms with Crippen LogP contribution in [-0.4, -0.2) is 29.3 Å². The van der Waals surface area contributed by atoms with E-state index in [1.165, 1.54) is 6.92 Å². The van der Waals surface area contributed by atoms with Crippen molar-refractivity contribution >= 4 is 17.7 Å². The van der Waals surface area contributed by atoms with Gasteiger partial charge in [0.05, 0.1) is 0 Å². The molecule has 0 saturated heterocycles. The molecule has 1 heterocycles. The van der Waals surface area contributed by atoms with Crippen molar-refractivity contribution in [2.24, 2.45) is 0 Å². The Morgan fingerprint density at radius 1 is 0.962 bits per heavy atom. The minimum absolute atomic E-state index is 0.000906. The van der Waals surface area contributed by atoms with Gasteiger partial charge >= 0.3 is 5.97 Å². The first-order chi connectivity index (χ1) is 12.5. The van der Waals surface area contributed by atoms with Gasteiger partial charge in [-0.3, -0.25) is 14.4 Å². The van der Waals surface area contributed by atoms with Gasteiger partial charge in [-0.15, -0.1) is 0 Å². The van der Waals surface area contributed by atoms with E-state index in [-0.39, 0.29) is 23.9 Å². The Morgan fingerprint density at radius 3 is 2.31 bits per heavy atom. The summed E-state index contributed by atoms with van der Waals surface area (Å²) < 4.78 is 5.59. The molecule has 0 atom stereocenters. The van der Waals surface area contributed by atoms with Gasteiger partial charge in [0.15, 0.2) is 11.5 Å². The maximum Gasteiger partial charge on any atom is 0.303 e. The molecule has 2 rings (SSSR count). The number of unbranched alkanes of at least 4 members (excludes halogenated alkanes) is 3. The van der Waals surface area contributed by atoms with Crippen molar-refractivity contribution in [3.8, 4) is 11.3 Å². The number of rotatable bonds is 10. The fourth-order valence-electron chi connectivity index (χ4n) is 2.53. The molecule has 1 aromatic carbocycles. The molecule has 0 saturated carbocycles. The summed E-state index contributed by atoms with van der Waals surface area (Å²) in [6, 6.07) is 10.4. The Balaban J connectivity index is 1.78. The molecule has 138 valence electrons. The maximum atomic E-state index is 12.1. The predicted octanol–water partition coefficient (Wildman–Crippen LogP) is 3.91. The van der Waals surface area contributed by atoms with E-state index in [1.54, 1.807) is 36.4 Å². The SMILES string of the molecule is CC(=O)c1ccc(-c2ccc(C(=O)NCCCCCCC(=O)O)o2)cc1. The number of amides is 1. The van der Waals surface area contributed by atoms with Crippen LogP contribution in [0, 0.1) is 0 Å². The third-order valence-electron chi connectivity index (χ3n) is 4.01. The Morgan fingerprint density at radius 2 is 1.65 bits per heavy atom. The summed E-state index contributed by atoms with van der Waals surface area (Å²) in [6.45, 7) is 2.03. The number of nitrogens with one attached hydrogen (secondary N) is 1. The summed E-state index contributed by atoms with van der Waals surface area (Å²) in [7, 11) is 0.